The summed E-state index contributed by atoms with van der Waals surface area (Å²) in [5.74, 6) is 0.0678. The summed E-state index contributed by atoms with van der Waals surface area (Å²) in [6, 6.07) is 8.38. The van der Waals surface area contributed by atoms with Gasteiger partial charge in [0, 0.05) is 0 Å². The highest BCUT2D eigenvalue weighted by molar-refractivity contribution is 6.39. The van der Waals surface area contributed by atoms with E-state index in [1.807, 2.05) is 18.2 Å². The zero-order valence-corrected chi connectivity index (χ0v) is 13.3. The second-order valence-electron chi connectivity index (χ2n) is 5.31. The molecule has 0 radical (unpaired) electrons. The molecule has 0 fully saturated rings. The van der Waals surface area contributed by atoms with Gasteiger partial charge in [-0.05, 0) is 26.0 Å². The number of carbonyl (C=O) groups is 2. The van der Waals surface area contributed by atoms with Crippen LogP contribution in [0.15, 0.2) is 46.1 Å². The lowest BCUT2D eigenvalue weighted by Gasteiger charge is -2.30. The fourth-order valence-corrected chi connectivity index (χ4v) is 2.25. The third-order valence-corrected chi connectivity index (χ3v) is 3.61. The maximum atomic E-state index is 12.3. The smallest absolute Gasteiger partial charge is 0.288 e. The van der Waals surface area contributed by atoms with Crippen LogP contribution in [0.25, 0.3) is 0 Å². The highest BCUT2D eigenvalue weighted by Gasteiger charge is 2.30. The Bertz CT molecular complexity index is 784. The van der Waals surface area contributed by atoms with Gasteiger partial charge in [-0.2, -0.15) is 0 Å². The predicted molar refractivity (Wildman–Crippen MR) is 87.0 cm³/mol. The van der Waals surface area contributed by atoms with E-state index in [2.05, 4.69) is 20.7 Å². The number of nitrogens with one attached hydrogen (secondary N) is 2. The first-order valence-corrected chi connectivity index (χ1v) is 7.47. The number of aromatic nitrogens is 1. The van der Waals surface area contributed by atoms with Crippen molar-refractivity contribution in [2.45, 2.75) is 26.4 Å². The van der Waals surface area contributed by atoms with E-state index in [0.29, 0.717) is 17.1 Å². The third-order valence-electron chi connectivity index (χ3n) is 3.61. The van der Waals surface area contributed by atoms with Crippen LogP contribution in [0.3, 0.4) is 0 Å². The molecule has 0 saturated heterocycles. The van der Waals surface area contributed by atoms with Crippen LogP contribution >= 0.6 is 0 Å². The SMILES string of the molecule is Cc1ocnc1CNC(=O)C1=NC(C)C(=O)N(c2ccccc2)N1. The molecule has 8 heteroatoms. The minimum atomic E-state index is -0.652. The number of nitrogens with zero attached hydrogens (tertiary/aromatic N) is 3. The lowest BCUT2D eigenvalue weighted by atomic mass is 10.2. The van der Waals surface area contributed by atoms with Crippen molar-refractivity contribution < 1.29 is 14.0 Å². The van der Waals surface area contributed by atoms with Crippen molar-refractivity contribution in [2.75, 3.05) is 5.01 Å². The summed E-state index contributed by atoms with van der Waals surface area (Å²) in [6.45, 7) is 3.63. The first-order chi connectivity index (χ1) is 11.6. The van der Waals surface area contributed by atoms with Crippen molar-refractivity contribution in [1.29, 1.82) is 0 Å². The Labute approximate surface area is 138 Å². The summed E-state index contributed by atoms with van der Waals surface area (Å²) in [4.78, 5) is 32.8. The van der Waals surface area contributed by atoms with Crippen LogP contribution in [0.4, 0.5) is 5.69 Å². The number of benzene rings is 1. The van der Waals surface area contributed by atoms with E-state index in [9.17, 15) is 9.59 Å². The number of aliphatic imine (C=N–C) groups is 1. The van der Waals surface area contributed by atoms with Crippen LogP contribution < -0.4 is 15.8 Å². The molecule has 1 aromatic carbocycles. The second-order valence-corrected chi connectivity index (χ2v) is 5.31. The number of carbonyl (C=O) groups excluding carboxylic acids is 2. The summed E-state index contributed by atoms with van der Waals surface area (Å²) in [6.07, 6.45) is 1.32. The number of amidine groups is 1. The van der Waals surface area contributed by atoms with Crippen LogP contribution in [-0.4, -0.2) is 28.7 Å². The van der Waals surface area contributed by atoms with E-state index in [1.54, 1.807) is 26.0 Å². The summed E-state index contributed by atoms with van der Waals surface area (Å²) >= 11 is 0. The molecule has 0 saturated carbocycles. The Hall–Kier alpha value is -3.16. The first-order valence-electron chi connectivity index (χ1n) is 7.47. The zero-order chi connectivity index (χ0) is 17.1. The van der Waals surface area contributed by atoms with E-state index in [4.69, 9.17) is 4.42 Å². The molecule has 0 bridgehead atoms. The summed E-state index contributed by atoms with van der Waals surface area (Å²) < 4.78 is 5.09. The first kappa shape index (κ1) is 15.7. The normalized spacial score (nSPS) is 17.2. The van der Waals surface area contributed by atoms with Crippen molar-refractivity contribution >= 4 is 23.3 Å². The molecule has 2 amide bonds. The summed E-state index contributed by atoms with van der Waals surface area (Å²) in [7, 11) is 0. The van der Waals surface area contributed by atoms with Crippen molar-refractivity contribution in [2.24, 2.45) is 4.99 Å². The van der Waals surface area contributed by atoms with Crippen LogP contribution in [-0.2, 0) is 16.1 Å². The van der Waals surface area contributed by atoms with Crippen molar-refractivity contribution in [1.82, 2.24) is 15.7 Å². The molecule has 8 nitrogen and oxygen atoms in total. The fourth-order valence-electron chi connectivity index (χ4n) is 2.25. The van der Waals surface area contributed by atoms with Gasteiger partial charge in [0.1, 0.15) is 17.5 Å². The molecule has 0 spiro atoms. The number of rotatable bonds is 4. The molecule has 24 heavy (non-hydrogen) atoms. The molecule has 1 aliphatic heterocycles. The average Bonchev–Trinajstić information content (AvgIpc) is 3.01. The van der Waals surface area contributed by atoms with E-state index < -0.39 is 11.9 Å². The molecule has 1 aliphatic rings. The largest absolute Gasteiger partial charge is 0.448 e. The molecule has 2 aromatic rings. The Balaban J connectivity index is 1.73. The van der Waals surface area contributed by atoms with Gasteiger partial charge in [0.15, 0.2) is 6.39 Å². The Morgan fingerprint density at radius 1 is 1.38 bits per heavy atom. The van der Waals surface area contributed by atoms with Crippen molar-refractivity contribution in [3.8, 4) is 0 Å². The van der Waals surface area contributed by atoms with Crippen LogP contribution in [0.5, 0.6) is 0 Å². The number of para-hydroxylation sites is 1. The van der Waals surface area contributed by atoms with Gasteiger partial charge in [-0.15, -0.1) is 0 Å². The minimum absolute atomic E-state index is 0.0760. The minimum Gasteiger partial charge on any atom is -0.448 e. The molecule has 0 aliphatic carbocycles. The zero-order valence-electron chi connectivity index (χ0n) is 13.3. The van der Waals surface area contributed by atoms with E-state index >= 15 is 0 Å². The topological polar surface area (TPSA) is 99.8 Å². The summed E-state index contributed by atoms with van der Waals surface area (Å²) in [5.41, 5.74) is 4.06. The van der Waals surface area contributed by atoms with Gasteiger partial charge in [-0.1, -0.05) is 18.2 Å². The number of hydrazine groups is 1. The standard InChI is InChI=1S/C16H17N5O3/c1-10-16(23)21(12-6-4-3-5-7-12)20-14(19-10)15(22)17-8-13-11(2)24-9-18-13/h3-7,9-10H,8H2,1-2H3,(H,17,22)(H,19,20). The van der Waals surface area contributed by atoms with Crippen LogP contribution in [0.2, 0.25) is 0 Å². The Kier molecular flexibility index (Phi) is 4.28. The quantitative estimate of drug-likeness (QED) is 0.870. The second kappa shape index (κ2) is 6.53. The molecule has 1 aromatic heterocycles. The molecule has 1 atom stereocenters. The van der Waals surface area contributed by atoms with E-state index in [1.165, 1.54) is 11.4 Å². The van der Waals surface area contributed by atoms with Crippen LogP contribution in [0.1, 0.15) is 18.4 Å². The highest BCUT2D eigenvalue weighted by Crippen LogP contribution is 2.15. The number of oxazole rings is 1. The van der Waals surface area contributed by atoms with Crippen molar-refractivity contribution in [3.05, 3.63) is 48.2 Å². The van der Waals surface area contributed by atoms with Gasteiger partial charge in [0.25, 0.3) is 11.8 Å². The maximum Gasteiger partial charge on any atom is 0.288 e. The number of amides is 2. The molecular weight excluding hydrogens is 310 g/mol. The number of hydrogen-bond acceptors (Lipinski definition) is 6. The van der Waals surface area contributed by atoms with E-state index in [-0.39, 0.29) is 18.3 Å². The molecule has 2 heterocycles. The molecule has 1 unspecified atom stereocenters. The Morgan fingerprint density at radius 2 is 2.12 bits per heavy atom. The van der Waals surface area contributed by atoms with Crippen LogP contribution in [0, 0.1) is 6.92 Å². The lowest BCUT2D eigenvalue weighted by molar-refractivity contribution is -0.120. The fraction of sp³-hybridized carbons (Fsp3) is 0.250. The van der Waals surface area contributed by atoms with Gasteiger partial charge >= 0.3 is 0 Å². The van der Waals surface area contributed by atoms with Gasteiger partial charge in [0.2, 0.25) is 5.84 Å². The van der Waals surface area contributed by atoms with Gasteiger partial charge < -0.3 is 9.73 Å². The molecule has 3 rings (SSSR count). The molecule has 124 valence electrons. The lowest BCUT2D eigenvalue weighted by Crippen LogP contribution is -2.57. The average molecular weight is 327 g/mol. The monoisotopic (exact) mass is 327 g/mol. The van der Waals surface area contributed by atoms with E-state index in [0.717, 1.165) is 0 Å². The maximum absolute atomic E-state index is 12.3. The third kappa shape index (κ3) is 3.12. The number of aryl methyl sites for hydroxylation is 1. The molecular formula is C16H17N5O3. The number of anilines is 1. The van der Waals surface area contributed by atoms with Gasteiger partial charge in [-0.25, -0.2) is 15.0 Å². The number of hydrogen-bond donors (Lipinski definition) is 2. The highest BCUT2D eigenvalue weighted by atomic mass is 16.3. The van der Waals surface area contributed by atoms with Crippen molar-refractivity contribution in [3.63, 3.8) is 0 Å². The summed E-state index contributed by atoms with van der Waals surface area (Å²) in [5, 5.41) is 4.04. The Morgan fingerprint density at radius 3 is 2.79 bits per heavy atom. The predicted octanol–water partition coefficient (Wildman–Crippen LogP) is 0.938. The van der Waals surface area contributed by atoms with Gasteiger partial charge in [0.05, 0.1) is 12.2 Å². The molecule has 2 N–H and O–H groups in total. The van der Waals surface area contributed by atoms with Gasteiger partial charge in [-0.3, -0.25) is 15.0 Å².